The summed E-state index contributed by atoms with van der Waals surface area (Å²) in [5.41, 5.74) is 4.21. The second-order valence-electron chi connectivity index (χ2n) is 13.6. The van der Waals surface area contributed by atoms with Crippen molar-refractivity contribution in [3.63, 3.8) is 0 Å². The second-order valence-corrected chi connectivity index (χ2v) is 21.0. The van der Waals surface area contributed by atoms with Crippen molar-refractivity contribution < 1.29 is 0 Å². The lowest BCUT2D eigenvalue weighted by Gasteiger charge is -2.54. The molecular weight excluding hydrogens is 670 g/mol. The predicted octanol–water partition coefficient (Wildman–Crippen LogP) is 12.7. The van der Waals surface area contributed by atoms with E-state index >= 15 is 0 Å². The summed E-state index contributed by atoms with van der Waals surface area (Å²) in [6, 6.07) is 35.0. The van der Waals surface area contributed by atoms with Gasteiger partial charge in [-0.05, 0) is 67.0 Å². The summed E-state index contributed by atoms with van der Waals surface area (Å²) >= 11 is 13.8. The number of hydrogen-bond acceptors (Lipinski definition) is 4. The second kappa shape index (κ2) is 19.0. The minimum atomic E-state index is -2.44. The van der Waals surface area contributed by atoms with Gasteiger partial charge in [-0.2, -0.15) is 12.2 Å². The molecule has 0 aromatic heterocycles. The van der Waals surface area contributed by atoms with Crippen molar-refractivity contribution in [1.82, 2.24) is 12.2 Å². The van der Waals surface area contributed by atoms with Gasteiger partial charge in [0.2, 0.25) is 0 Å². The maximum absolute atomic E-state index is 7.58. The molecule has 8 heteroatoms. The molecule has 0 radical (unpaired) electrons. The zero-order valence-electron chi connectivity index (χ0n) is 28.0. The third-order valence-corrected chi connectivity index (χ3v) is 21.2. The third-order valence-electron chi connectivity index (χ3n) is 10.1. The molecule has 3 nitrogen and oxygen atoms in total. The summed E-state index contributed by atoms with van der Waals surface area (Å²) in [7, 11) is 0. The summed E-state index contributed by atoms with van der Waals surface area (Å²) in [6.07, 6.45) is 19.6. The number of benzene rings is 3. The standard InChI is InChI=1S/C39H54N3PS4/c44-43(40(37-25-13-4-14-26-37)45-31-34-19-7-1-8-20-34,41(38-27-15-5-16-28-38)46-32-35-21-9-2-10-22-35)42(39-29-17-6-18-30-39)47-33-36-23-11-3-12-24-36/h1-3,7-12,19-24,37-39H,4-6,13-18,25-33H2. The van der Waals surface area contributed by atoms with Crippen LogP contribution in [0.3, 0.4) is 0 Å². The van der Waals surface area contributed by atoms with Gasteiger partial charge in [-0.1, -0.05) is 185 Å². The average Bonchev–Trinajstić information content (AvgIpc) is 3.14. The van der Waals surface area contributed by atoms with Gasteiger partial charge in [-0.3, -0.25) is 0 Å². The fourth-order valence-corrected chi connectivity index (χ4v) is 19.3. The van der Waals surface area contributed by atoms with Crippen molar-refractivity contribution >= 4 is 54.1 Å². The van der Waals surface area contributed by atoms with Crippen LogP contribution < -0.4 is 0 Å². The smallest absolute Gasteiger partial charge is 0.175 e. The quantitative estimate of drug-likeness (QED) is 0.113. The number of nitrogens with zero attached hydrogens (tertiary/aromatic N) is 3. The van der Waals surface area contributed by atoms with Crippen molar-refractivity contribution in [3.8, 4) is 0 Å². The fourth-order valence-electron chi connectivity index (χ4n) is 7.49. The Balaban J connectivity index is 1.45. The van der Waals surface area contributed by atoms with E-state index in [-0.39, 0.29) is 0 Å². The first-order valence-electron chi connectivity index (χ1n) is 18.2. The van der Waals surface area contributed by atoms with Gasteiger partial charge in [0.25, 0.3) is 0 Å². The Labute approximate surface area is 304 Å². The molecule has 3 aliphatic carbocycles. The minimum absolute atomic E-state index is 0.523. The molecule has 0 amide bonds. The Morgan fingerprint density at radius 2 is 0.681 bits per heavy atom. The van der Waals surface area contributed by atoms with Crippen LogP contribution in [-0.4, -0.2) is 30.4 Å². The van der Waals surface area contributed by atoms with Crippen LogP contribution in [0.4, 0.5) is 0 Å². The van der Waals surface area contributed by atoms with Gasteiger partial charge >= 0.3 is 0 Å². The van der Waals surface area contributed by atoms with E-state index in [2.05, 4.69) is 139 Å². The molecule has 0 spiro atoms. The van der Waals surface area contributed by atoms with E-state index in [0.717, 1.165) is 17.3 Å². The van der Waals surface area contributed by atoms with E-state index in [9.17, 15) is 0 Å². The lowest BCUT2D eigenvalue weighted by atomic mass is 9.96. The molecule has 0 saturated heterocycles. The molecule has 47 heavy (non-hydrogen) atoms. The van der Waals surface area contributed by atoms with Crippen molar-refractivity contribution in [2.24, 2.45) is 0 Å². The Morgan fingerprint density at radius 3 is 0.936 bits per heavy atom. The lowest BCUT2D eigenvalue weighted by Crippen LogP contribution is -2.45. The van der Waals surface area contributed by atoms with Crippen molar-refractivity contribution in [3.05, 3.63) is 108 Å². The van der Waals surface area contributed by atoms with E-state index in [0.29, 0.717) is 18.1 Å². The molecule has 3 saturated carbocycles. The highest BCUT2D eigenvalue weighted by Crippen LogP contribution is 2.70. The molecule has 3 aromatic rings. The number of hydrogen-bond donors (Lipinski definition) is 0. The molecule has 0 atom stereocenters. The fraction of sp³-hybridized carbons (Fsp3) is 0.538. The molecule has 0 N–H and O–H groups in total. The first-order valence-corrected chi connectivity index (χ1v) is 23.7. The number of rotatable bonds is 15. The molecule has 6 rings (SSSR count). The summed E-state index contributed by atoms with van der Waals surface area (Å²) < 4.78 is 8.73. The van der Waals surface area contributed by atoms with E-state index in [1.165, 1.54) is 113 Å². The lowest BCUT2D eigenvalue weighted by molar-refractivity contribution is 0.292. The average molecular weight is 724 g/mol. The highest BCUT2D eigenvalue weighted by molar-refractivity contribution is 8.24. The zero-order chi connectivity index (χ0) is 32.2. The third kappa shape index (κ3) is 9.94. The summed E-state index contributed by atoms with van der Waals surface area (Å²) in [4.78, 5) is 0. The largest absolute Gasteiger partial charge is 0.191 e. The minimum Gasteiger partial charge on any atom is -0.191 e. The van der Waals surface area contributed by atoms with E-state index in [1.54, 1.807) is 0 Å². The van der Waals surface area contributed by atoms with Crippen LogP contribution in [0.1, 0.15) is 113 Å². The van der Waals surface area contributed by atoms with Crippen LogP contribution in [-0.2, 0) is 29.1 Å². The van der Waals surface area contributed by atoms with E-state index < -0.39 is 6.49 Å². The summed E-state index contributed by atoms with van der Waals surface area (Å²) in [5, 5.41) is 0. The molecule has 0 bridgehead atoms. The monoisotopic (exact) mass is 723 g/mol. The van der Waals surface area contributed by atoms with Gasteiger partial charge < -0.3 is 0 Å². The molecule has 3 fully saturated rings. The molecule has 3 aliphatic rings. The van der Waals surface area contributed by atoms with Gasteiger partial charge in [0.15, 0.2) is 6.49 Å². The van der Waals surface area contributed by atoms with Crippen molar-refractivity contribution in [1.29, 1.82) is 0 Å². The maximum Gasteiger partial charge on any atom is 0.175 e. The molecular formula is C39H54N3PS4. The van der Waals surface area contributed by atoms with Gasteiger partial charge in [0.05, 0.1) is 0 Å². The van der Waals surface area contributed by atoms with E-state index in [1.807, 2.05) is 0 Å². The highest BCUT2D eigenvalue weighted by atomic mass is 32.5. The van der Waals surface area contributed by atoms with Crippen LogP contribution >= 0.6 is 42.3 Å². The van der Waals surface area contributed by atoms with Crippen molar-refractivity contribution in [2.45, 2.75) is 132 Å². The van der Waals surface area contributed by atoms with Crippen LogP contribution in [0.5, 0.6) is 0 Å². The Morgan fingerprint density at radius 1 is 0.426 bits per heavy atom. The van der Waals surface area contributed by atoms with Gasteiger partial charge in [0.1, 0.15) is 0 Å². The van der Waals surface area contributed by atoms with Gasteiger partial charge in [0, 0.05) is 35.4 Å². The van der Waals surface area contributed by atoms with Crippen LogP contribution in [0, 0.1) is 0 Å². The van der Waals surface area contributed by atoms with E-state index in [4.69, 9.17) is 11.8 Å². The molecule has 0 unspecified atom stereocenters. The van der Waals surface area contributed by atoms with Crippen LogP contribution in [0.25, 0.3) is 0 Å². The topological polar surface area (TPSA) is 9.72 Å². The Bertz CT molecular complexity index is 1180. The SMILES string of the molecule is S=P(N(SCc1ccccc1)C1CCCCC1)(N(SCc1ccccc1)C1CCCCC1)N(SCc1ccccc1)C1CCCCC1. The zero-order valence-corrected chi connectivity index (χ0v) is 32.2. The van der Waals surface area contributed by atoms with Crippen LogP contribution in [0.15, 0.2) is 91.0 Å². The summed E-state index contributed by atoms with van der Waals surface area (Å²) in [6.45, 7) is -2.44. The van der Waals surface area contributed by atoms with Crippen molar-refractivity contribution in [2.75, 3.05) is 0 Å². The molecule has 254 valence electrons. The first-order chi connectivity index (χ1) is 23.2. The van der Waals surface area contributed by atoms with Crippen LogP contribution in [0.2, 0.25) is 0 Å². The molecule has 0 heterocycles. The Hall–Kier alpha value is -0.760. The normalized spacial score (nSPS) is 19.1. The molecule has 3 aromatic carbocycles. The highest BCUT2D eigenvalue weighted by Gasteiger charge is 2.48. The maximum atomic E-state index is 7.58. The van der Waals surface area contributed by atoms with Gasteiger partial charge in [-0.25, -0.2) is 0 Å². The summed E-state index contributed by atoms with van der Waals surface area (Å²) in [5.74, 6) is 2.96. The first kappa shape index (κ1) is 36.0. The predicted molar refractivity (Wildman–Crippen MR) is 214 cm³/mol. The van der Waals surface area contributed by atoms with Gasteiger partial charge in [-0.15, -0.1) is 0 Å². The Kier molecular flexibility index (Phi) is 14.6. The molecule has 0 aliphatic heterocycles.